The molecular weight excluding hydrogens is 310 g/mol. The van der Waals surface area contributed by atoms with Gasteiger partial charge in [-0.25, -0.2) is 0 Å². The second-order valence-corrected chi connectivity index (χ2v) is 7.47. The smallest absolute Gasteiger partial charge is 0.222 e. The molecule has 1 heterocycles. The van der Waals surface area contributed by atoms with Crippen molar-refractivity contribution in [3.8, 4) is 0 Å². The van der Waals surface area contributed by atoms with Crippen molar-refractivity contribution in [1.82, 2.24) is 4.90 Å². The van der Waals surface area contributed by atoms with Crippen LogP contribution in [0.15, 0.2) is 24.3 Å². The number of aliphatic hydroxyl groups excluding tert-OH is 1. The fourth-order valence-corrected chi connectivity index (χ4v) is 3.50. The Morgan fingerprint density at radius 1 is 1.30 bits per heavy atom. The Bertz CT molecular complexity index is 501. The van der Waals surface area contributed by atoms with E-state index in [-0.39, 0.29) is 17.9 Å². The molecule has 1 aliphatic rings. The molecule has 1 saturated heterocycles. The molecule has 0 aliphatic carbocycles. The van der Waals surface area contributed by atoms with Gasteiger partial charge in [-0.05, 0) is 54.7 Å². The molecule has 0 bridgehead atoms. The van der Waals surface area contributed by atoms with Crippen molar-refractivity contribution in [2.24, 2.45) is 11.3 Å². The predicted octanol–water partition coefficient (Wildman–Crippen LogP) is 3.92. The fourth-order valence-electron chi connectivity index (χ4n) is 3.38. The SMILES string of the molecule is CCC1(CO)CCN(C(=O)CC(C)Cc2ccc(Cl)cc2)CC1. The first-order valence-corrected chi connectivity index (χ1v) is 8.99. The quantitative estimate of drug-likeness (QED) is 0.854. The second kappa shape index (κ2) is 8.16. The molecule has 3 nitrogen and oxygen atoms in total. The van der Waals surface area contributed by atoms with E-state index in [9.17, 15) is 9.90 Å². The first kappa shape index (κ1) is 18.3. The molecule has 128 valence electrons. The maximum atomic E-state index is 12.5. The number of carbonyl (C=O) groups is 1. The van der Waals surface area contributed by atoms with Gasteiger partial charge in [-0.15, -0.1) is 0 Å². The van der Waals surface area contributed by atoms with Crippen molar-refractivity contribution in [2.75, 3.05) is 19.7 Å². The van der Waals surface area contributed by atoms with E-state index in [1.807, 2.05) is 29.2 Å². The summed E-state index contributed by atoms with van der Waals surface area (Å²) in [6.07, 6.45) is 4.29. The molecular formula is C19H28ClNO2. The lowest BCUT2D eigenvalue weighted by Crippen LogP contribution is -2.44. The highest BCUT2D eigenvalue weighted by Gasteiger charge is 2.33. The number of halogens is 1. The molecule has 23 heavy (non-hydrogen) atoms. The lowest BCUT2D eigenvalue weighted by molar-refractivity contribution is -0.135. The number of amides is 1. The average molecular weight is 338 g/mol. The summed E-state index contributed by atoms with van der Waals surface area (Å²) in [4.78, 5) is 14.5. The van der Waals surface area contributed by atoms with Crippen LogP contribution in [-0.4, -0.2) is 35.6 Å². The van der Waals surface area contributed by atoms with E-state index < -0.39 is 0 Å². The minimum absolute atomic E-state index is 0.0334. The van der Waals surface area contributed by atoms with E-state index >= 15 is 0 Å². The Morgan fingerprint density at radius 2 is 1.91 bits per heavy atom. The van der Waals surface area contributed by atoms with Gasteiger partial charge in [0.2, 0.25) is 5.91 Å². The van der Waals surface area contributed by atoms with Gasteiger partial charge in [0.25, 0.3) is 0 Å². The molecule has 0 saturated carbocycles. The first-order chi connectivity index (χ1) is 11.0. The Morgan fingerprint density at radius 3 is 2.43 bits per heavy atom. The van der Waals surface area contributed by atoms with E-state index in [0.717, 1.165) is 43.8 Å². The monoisotopic (exact) mass is 337 g/mol. The number of likely N-dealkylation sites (tertiary alicyclic amines) is 1. The number of hydrogen-bond acceptors (Lipinski definition) is 2. The van der Waals surface area contributed by atoms with E-state index in [1.54, 1.807) is 0 Å². The van der Waals surface area contributed by atoms with Crippen LogP contribution in [0.5, 0.6) is 0 Å². The number of aliphatic hydroxyl groups is 1. The van der Waals surface area contributed by atoms with Gasteiger partial charge in [0, 0.05) is 31.1 Å². The molecule has 1 amide bonds. The summed E-state index contributed by atoms with van der Waals surface area (Å²) >= 11 is 5.90. The van der Waals surface area contributed by atoms with Crippen LogP contribution >= 0.6 is 11.6 Å². The number of nitrogens with zero attached hydrogens (tertiary/aromatic N) is 1. The molecule has 1 aliphatic heterocycles. The highest BCUT2D eigenvalue weighted by molar-refractivity contribution is 6.30. The lowest BCUT2D eigenvalue weighted by atomic mass is 9.77. The van der Waals surface area contributed by atoms with Gasteiger partial charge in [-0.3, -0.25) is 4.79 Å². The van der Waals surface area contributed by atoms with Crippen molar-refractivity contribution in [1.29, 1.82) is 0 Å². The van der Waals surface area contributed by atoms with Crippen molar-refractivity contribution in [3.05, 3.63) is 34.9 Å². The number of hydrogen-bond donors (Lipinski definition) is 1. The standard InChI is InChI=1S/C19H28ClNO2/c1-3-19(14-22)8-10-21(11-9-19)18(23)13-15(2)12-16-4-6-17(20)7-5-16/h4-7,15,22H,3,8-14H2,1-2H3. The van der Waals surface area contributed by atoms with E-state index in [2.05, 4.69) is 13.8 Å². The van der Waals surface area contributed by atoms with Crippen molar-refractivity contribution in [2.45, 2.75) is 46.0 Å². The lowest BCUT2D eigenvalue weighted by Gasteiger charge is -2.40. The van der Waals surface area contributed by atoms with E-state index in [1.165, 1.54) is 5.56 Å². The zero-order valence-corrected chi connectivity index (χ0v) is 15.0. The number of benzene rings is 1. The summed E-state index contributed by atoms with van der Waals surface area (Å²) in [5, 5.41) is 10.3. The van der Waals surface area contributed by atoms with Crippen LogP contribution in [0.4, 0.5) is 0 Å². The summed E-state index contributed by atoms with van der Waals surface area (Å²) in [6.45, 7) is 6.04. The predicted molar refractivity (Wildman–Crippen MR) is 94.6 cm³/mol. The molecule has 1 N–H and O–H groups in total. The topological polar surface area (TPSA) is 40.5 Å². The Labute approximate surface area is 144 Å². The fraction of sp³-hybridized carbons (Fsp3) is 0.632. The highest BCUT2D eigenvalue weighted by atomic mass is 35.5. The minimum Gasteiger partial charge on any atom is -0.396 e. The maximum absolute atomic E-state index is 12.5. The molecule has 0 aromatic heterocycles. The third kappa shape index (κ3) is 4.95. The van der Waals surface area contributed by atoms with Gasteiger partial charge in [0.1, 0.15) is 0 Å². The molecule has 1 unspecified atom stereocenters. The number of rotatable bonds is 6. The van der Waals surface area contributed by atoms with Crippen LogP contribution < -0.4 is 0 Å². The summed E-state index contributed by atoms with van der Waals surface area (Å²) in [5.41, 5.74) is 1.25. The summed E-state index contributed by atoms with van der Waals surface area (Å²) in [7, 11) is 0. The van der Waals surface area contributed by atoms with Gasteiger partial charge in [-0.2, -0.15) is 0 Å². The highest BCUT2D eigenvalue weighted by Crippen LogP contribution is 2.34. The average Bonchev–Trinajstić information content (AvgIpc) is 2.57. The second-order valence-electron chi connectivity index (χ2n) is 7.03. The molecule has 1 aromatic rings. The van der Waals surface area contributed by atoms with Crippen LogP contribution in [-0.2, 0) is 11.2 Å². The minimum atomic E-state index is 0.0334. The van der Waals surface area contributed by atoms with Crippen molar-refractivity contribution < 1.29 is 9.90 Å². The Hall–Kier alpha value is -1.06. The summed E-state index contributed by atoms with van der Waals surface area (Å²) in [5.74, 6) is 0.563. The number of piperidine rings is 1. The van der Waals surface area contributed by atoms with Gasteiger partial charge < -0.3 is 10.0 Å². The van der Waals surface area contributed by atoms with Crippen molar-refractivity contribution in [3.63, 3.8) is 0 Å². The third-order valence-electron chi connectivity index (χ3n) is 5.28. The molecule has 4 heteroatoms. The Kier molecular flexibility index (Phi) is 6.49. The van der Waals surface area contributed by atoms with Gasteiger partial charge in [0.15, 0.2) is 0 Å². The van der Waals surface area contributed by atoms with E-state index in [0.29, 0.717) is 12.3 Å². The first-order valence-electron chi connectivity index (χ1n) is 8.61. The van der Waals surface area contributed by atoms with E-state index in [4.69, 9.17) is 11.6 Å². The Balaban J connectivity index is 1.81. The van der Waals surface area contributed by atoms with Gasteiger partial charge >= 0.3 is 0 Å². The normalized spacial score (nSPS) is 18.7. The van der Waals surface area contributed by atoms with Gasteiger partial charge in [0.05, 0.1) is 0 Å². The molecule has 0 radical (unpaired) electrons. The molecule has 0 spiro atoms. The molecule has 1 aromatic carbocycles. The van der Waals surface area contributed by atoms with Crippen LogP contribution in [0.3, 0.4) is 0 Å². The molecule has 2 rings (SSSR count). The van der Waals surface area contributed by atoms with Crippen LogP contribution in [0.2, 0.25) is 5.02 Å². The largest absolute Gasteiger partial charge is 0.396 e. The number of carbonyl (C=O) groups excluding carboxylic acids is 1. The molecule has 1 fully saturated rings. The maximum Gasteiger partial charge on any atom is 0.222 e. The van der Waals surface area contributed by atoms with Crippen LogP contribution in [0, 0.1) is 11.3 Å². The molecule has 1 atom stereocenters. The zero-order valence-electron chi connectivity index (χ0n) is 14.2. The van der Waals surface area contributed by atoms with Crippen molar-refractivity contribution >= 4 is 17.5 Å². The summed E-state index contributed by atoms with van der Waals surface area (Å²) < 4.78 is 0. The van der Waals surface area contributed by atoms with Crippen LogP contribution in [0.1, 0.15) is 45.1 Å². The van der Waals surface area contributed by atoms with Gasteiger partial charge in [-0.1, -0.05) is 37.6 Å². The van der Waals surface area contributed by atoms with Crippen LogP contribution in [0.25, 0.3) is 0 Å². The third-order valence-corrected chi connectivity index (χ3v) is 5.53. The summed E-state index contributed by atoms with van der Waals surface area (Å²) in [6, 6.07) is 7.85. The zero-order chi connectivity index (χ0) is 16.9.